The second-order valence-electron chi connectivity index (χ2n) is 6.49. The molecule has 3 N–H and O–H groups in total. The molecule has 2 atom stereocenters. The number of benzene rings is 1. The van der Waals surface area contributed by atoms with E-state index < -0.39 is 18.1 Å². The maximum absolute atomic E-state index is 12.6. The summed E-state index contributed by atoms with van der Waals surface area (Å²) in [6.07, 6.45) is 1.02. The Morgan fingerprint density at radius 2 is 2.23 bits per heavy atom. The third-order valence-electron chi connectivity index (χ3n) is 3.83. The van der Waals surface area contributed by atoms with Gasteiger partial charge in [-0.2, -0.15) is 5.26 Å². The molecule has 7 nitrogen and oxygen atoms in total. The van der Waals surface area contributed by atoms with E-state index in [9.17, 15) is 9.59 Å². The highest BCUT2D eigenvalue weighted by atomic mass is 32.1. The summed E-state index contributed by atoms with van der Waals surface area (Å²) in [6, 6.07) is 7.75. The van der Waals surface area contributed by atoms with E-state index in [2.05, 4.69) is 22.0 Å². The van der Waals surface area contributed by atoms with E-state index in [1.165, 1.54) is 0 Å². The van der Waals surface area contributed by atoms with Gasteiger partial charge in [0.1, 0.15) is 12.1 Å². The summed E-state index contributed by atoms with van der Waals surface area (Å²) in [5, 5.41) is 17.9. The number of nitriles is 1. The van der Waals surface area contributed by atoms with E-state index in [1.807, 2.05) is 13.8 Å². The topological polar surface area (TPSA) is 103 Å². The number of carbonyl (C=O) groups is 2. The number of hydrogen-bond donors (Lipinski definition) is 3. The van der Waals surface area contributed by atoms with Crippen LogP contribution in [0.1, 0.15) is 32.3 Å². The molecule has 0 saturated carbocycles. The van der Waals surface area contributed by atoms with Crippen LogP contribution in [0, 0.1) is 17.2 Å². The second-order valence-corrected chi connectivity index (χ2v) is 6.90. The quantitative estimate of drug-likeness (QED) is 0.514. The number of esters is 1. The second kappa shape index (κ2) is 9.15. The lowest BCUT2D eigenvalue weighted by Gasteiger charge is -2.23. The number of ether oxygens (including phenoxy) is 1. The first-order chi connectivity index (χ1) is 12.4. The van der Waals surface area contributed by atoms with E-state index in [1.54, 1.807) is 24.3 Å². The minimum atomic E-state index is -0.604. The Morgan fingerprint density at radius 3 is 2.85 bits per heavy atom. The molecule has 1 aromatic carbocycles. The summed E-state index contributed by atoms with van der Waals surface area (Å²) in [6.45, 7) is 4.32. The molecule has 1 aliphatic heterocycles. The largest absolute Gasteiger partial charge is 0.464 e. The number of hydrogen-bond acceptors (Lipinski definition) is 5. The molecule has 138 valence electrons. The lowest BCUT2D eigenvalue weighted by atomic mass is 10.0. The van der Waals surface area contributed by atoms with Crippen LogP contribution in [0.2, 0.25) is 0 Å². The van der Waals surface area contributed by atoms with E-state index >= 15 is 0 Å². The van der Waals surface area contributed by atoms with Crippen molar-refractivity contribution in [2.24, 2.45) is 5.92 Å². The number of cyclic esters (lactones) is 1. The van der Waals surface area contributed by atoms with Gasteiger partial charge in [-0.05, 0) is 42.8 Å². The van der Waals surface area contributed by atoms with Crippen LogP contribution in [0.4, 0.5) is 5.69 Å². The van der Waals surface area contributed by atoms with Gasteiger partial charge in [0.2, 0.25) is 5.91 Å². The maximum Gasteiger partial charge on any atom is 0.328 e. The molecule has 8 heteroatoms. The zero-order valence-corrected chi connectivity index (χ0v) is 15.6. The Morgan fingerprint density at radius 1 is 1.46 bits per heavy atom. The van der Waals surface area contributed by atoms with Crippen LogP contribution in [0.3, 0.4) is 0 Å². The number of thiocarbonyl (C=S) groups is 1. The first-order valence-electron chi connectivity index (χ1n) is 8.43. The highest BCUT2D eigenvalue weighted by Crippen LogP contribution is 2.12. The summed E-state index contributed by atoms with van der Waals surface area (Å²) in [4.78, 5) is 24.1. The molecule has 1 heterocycles. The Kier molecular flexibility index (Phi) is 6.92. The SMILES string of the molecule is CC(C)C[C@H](NC(=S)Nc1cccc(C#N)c1)C(=O)N[C@H]1CCOC1=O. The van der Waals surface area contributed by atoms with Crippen molar-refractivity contribution in [1.29, 1.82) is 5.26 Å². The molecule has 0 radical (unpaired) electrons. The molecule has 26 heavy (non-hydrogen) atoms. The minimum Gasteiger partial charge on any atom is -0.464 e. The van der Waals surface area contributed by atoms with Crippen molar-refractivity contribution >= 4 is 34.9 Å². The Labute approximate surface area is 158 Å². The number of anilines is 1. The monoisotopic (exact) mass is 374 g/mol. The number of carbonyl (C=O) groups excluding carboxylic acids is 2. The van der Waals surface area contributed by atoms with Gasteiger partial charge >= 0.3 is 5.97 Å². The fourth-order valence-corrected chi connectivity index (χ4v) is 2.85. The molecule has 2 rings (SSSR count). The standard InChI is InChI=1S/C18H22N4O3S/c1-11(2)8-15(16(23)21-14-6-7-25-17(14)24)22-18(26)20-13-5-3-4-12(9-13)10-19/h3-5,9,11,14-15H,6-8H2,1-2H3,(H,21,23)(H2,20,22,26)/t14-,15-/m0/s1. The molecule has 1 aromatic rings. The average Bonchev–Trinajstić information content (AvgIpc) is 2.98. The molecular formula is C18H22N4O3S. The van der Waals surface area contributed by atoms with Gasteiger partial charge in [-0.3, -0.25) is 4.79 Å². The number of rotatable bonds is 6. The Balaban J connectivity index is 1.99. The fraction of sp³-hybridized carbons (Fsp3) is 0.444. The highest BCUT2D eigenvalue weighted by Gasteiger charge is 2.31. The first-order valence-corrected chi connectivity index (χ1v) is 8.84. The predicted molar refractivity (Wildman–Crippen MR) is 101 cm³/mol. The third kappa shape index (κ3) is 5.70. The lowest BCUT2D eigenvalue weighted by Crippen LogP contribution is -2.52. The van der Waals surface area contributed by atoms with Gasteiger partial charge in [0.05, 0.1) is 18.2 Å². The van der Waals surface area contributed by atoms with Gasteiger partial charge in [0.25, 0.3) is 0 Å². The molecule has 1 fully saturated rings. The van der Waals surface area contributed by atoms with Crippen molar-refractivity contribution in [1.82, 2.24) is 10.6 Å². The maximum atomic E-state index is 12.6. The van der Waals surface area contributed by atoms with E-state index in [-0.39, 0.29) is 16.9 Å². The minimum absolute atomic E-state index is 0.249. The normalized spacial score (nSPS) is 17.2. The zero-order chi connectivity index (χ0) is 19.1. The Hall–Kier alpha value is -2.66. The van der Waals surface area contributed by atoms with Gasteiger partial charge in [0.15, 0.2) is 5.11 Å². The Bertz CT molecular complexity index is 729. The van der Waals surface area contributed by atoms with Crippen molar-refractivity contribution in [2.45, 2.75) is 38.8 Å². The van der Waals surface area contributed by atoms with Crippen molar-refractivity contribution in [3.8, 4) is 6.07 Å². The van der Waals surface area contributed by atoms with Gasteiger partial charge in [-0.25, -0.2) is 4.79 Å². The molecule has 0 bridgehead atoms. The first kappa shape index (κ1) is 19.7. The predicted octanol–water partition coefficient (Wildman–Crippen LogP) is 1.69. The van der Waals surface area contributed by atoms with Gasteiger partial charge in [0, 0.05) is 12.1 Å². The number of nitrogens with zero attached hydrogens (tertiary/aromatic N) is 1. The van der Waals surface area contributed by atoms with Crippen LogP contribution >= 0.6 is 12.2 Å². The number of amides is 1. The van der Waals surface area contributed by atoms with Crippen molar-refractivity contribution < 1.29 is 14.3 Å². The van der Waals surface area contributed by atoms with Crippen molar-refractivity contribution in [3.05, 3.63) is 29.8 Å². The molecule has 1 saturated heterocycles. The molecule has 0 aromatic heterocycles. The molecule has 0 spiro atoms. The van der Waals surface area contributed by atoms with Crippen LogP contribution in [-0.2, 0) is 14.3 Å². The third-order valence-corrected chi connectivity index (χ3v) is 4.05. The van der Waals surface area contributed by atoms with E-state index in [0.29, 0.717) is 30.7 Å². The molecule has 1 aliphatic rings. The fourth-order valence-electron chi connectivity index (χ4n) is 2.59. The van der Waals surface area contributed by atoms with Crippen molar-refractivity contribution in [3.63, 3.8) is 0 Å². The van der Waals surface area contributed by atoms with Crippen molar-refractivity contribution in [2.75, 3.05) is 11.9 Å². The summed E-state index contributed by atoms with van der Waals surface area (Å²) in [7, 11) is 0. The summed E-state index contributed by atoms with van der Waals surface area (Å²) in [5.41, 5.74) is 1.17. The van der Waals surface area contributed by atoms with Crippen LogP contribution in [0.15, 0.2) is 24.3 Å². The van der Waals surface area contributed by atoms with Crippen LogP contribution < -0.4 is 16.0 Å². The molecular weight excluding hydrogens is 352 g/mol. The van der Waals surface area contributed by atoms with E-state index in [0.717, 1.165) is 0 Å². The van der Waals surface area contributed by atoms with E-state index in [4.69, 9.17) is 22.2 Å². The molecule has 0 unspecified atom stereocenters. The van der Waals surface area contributed by atoms with Crippen LogP contribution in [0.25, 0.3) is 0 Å². The molecule has 0 aliphatic carbocycles. The highest BCUT2D eigenvalue weighted by molar-refractivity contribution is 7.80. The van der Waals surface area contributed by atoms with Crippen LogP contribution in [-0.4, -0.2) is 35.7 Å². The lowest BCUT2D eigenvalue weighted by molar-refractivity contribution is -0.141. The average molecular weight is 374 g/mol. The van der Waals surface area contributed by atoms with Gasteiger partial charge in [-0.1, -0.05) is 19.9 Å². The van der Waals surface area contributed by atoms with Gasteiger partial charge in [-0.15, -0.1) is 0 Å². The zero-order valence-electron chi connectivity index (χ0n) is 14.7. The summed E-state index contributed by atoms with van der Waals surface area (Å²) >= 11 is 5.29. The molecule has 1 amide bonds. The van der Waals surface area contributed by atoms with Gasteiger partial charge < -0.3 is 20.7 Å². The number of nitrogens with one attached hydrogen (secondary N) is 3. The summed E-state index contributed by atoms with van der Waals surface area (Å²) in [5.74, 6) is -0.452. The summed E-state index contributed by atoms with van der Waals surface area (Å²) < 4.78 is 4.87. The smallest absolute Gasteiger partial charge is 0.328 e. The van der Waals surface area contributed by atoms with Crippen LogP contribution in [0.5, 0.6) is 0 Å².